The maximum atomic E-state index is 10.3. The first kappa shape index (κ1) is 17.6. The van der Waals surface area contributed by atoms with E-state index >= 15 is 0 Å². The van der Waals surface area contributed by atoms with Crippen LogP contribution in [0.25, 0.3) is 28.8 Å². The molecule has 0 saturated heterocycles. The van der Waals surface area contributed by atoms with E-state index in [1.54, 1.807) is 12.4 Å². The van der Waals surface area contributed by atoms with E-state index in [2.05, 4.69) is 36.1 Å². The van der Waals surface area contributed by atoms with Gasteiger partial charge < -0.3 is 10.1 Å². The molecule has 29 heavy (non-hydrogen) atoms. The van der Waals surface area contributed by atoms with Crippen molar-refractivity contribution < 1.29 is 5.11 Å². The standard InChI is InChI=1S/C23H15BrN4O/c24-16-3-6-20-18(13-16)19(23(29)26-20)11-15-1-4-17-21(27-28-22(17)12-15)5-2-14-7-9-25-10-8-14/h1-13,26,29H. The molecule has 0 aliphatic carbocycles. The highest BCUT2D eigenvalue weighted by Crippen LogP contribution is 2.30. The zero-order valence-corrected chi connectivity index (χ0v) is 16.8. The number of pyridine rings is 1. The Balaban J connectivity index is 1.57. The number of H-pyrrole nitrogens is 1. The quantitative estimate of drug-likeness (QED) is 0.479. The van der Waals surface area contributed by atoms with Gasteiger partial charge in [-0.3, -0.25) is 4.98 Å². The molecule has 2 aromatic carbocycles. The third kappa shape index (κ3) is 3.39. The van der Waals surface area contributed by atoms with Gasteiger partial charge in [-0.2, -0.15) is 0 Å². The van der Waals surface area contributed by atoms with E-state index < -0.39 is 0 Å². The minimum absolute atomic E-state index is 0.146. The molecule has 0 bridgehead atoms. The summed E-state index contributed by atoms with van der Waals surface area (Å²) in [7, 11) is 0. The number of aromatic hydroxyl groups is 1. The van der Waals surface area contributed by atoms with Gasteiger partial charge in [-0.25, -0.2) is 0 Å². The molecule has 0 spiro atoms. The first-order valence-corrected chi connectivity index (χ1v) is 9.83. The fourth-order valence-electron chi connectivity index (χ4n) is 3.36. The van der Waals surface area contributed by atoms with Gasteiger partial charge in [0.05, 0.1) is 11.4 Å². The number of benzene rings is 2. The summed E-state index contributed by atoms with van der Waals surface area (Å²) in [6.07, 6.45) is 9.41. The maximum Gasteiger partial charge on any atom is 0.196 e. The first-order valence-electron chi connectivity index (χ1n) is 9.03. The van der Waals surface area contributed by atoms with Gasteiger partial charge in [0.25, 0.3) is 0 Å². The summed E-state index contributed by atoms with van der Waals surface area (Å²) in [6, 6.07) is 15.7. The summed E-state index contributed by atoms with van der Waals surface area (Å²) in [5, 5.41) is 21.8. The first-order chi connectivity index (χ1) is 14.2. The number of hydrogen-bond acceptors (Lipinski definition) is 4. The molecule has 5 nitrogen and oxygen atoms in total. The van der Waals surface area contributed by atoms with E-state index in [9.17, 15) is 5.11 Å². The second-order valence-corrected chi connectivity index (χ2v) is 7.61. The van der Waals surface area contributed by atoms with Crippen molar-refractivity contribution in [3.05, 3.63) is 93.0 Å². The molecule has 4 aromatic rings. The van der Waals surface area contributed by atoms with Gasteiger partial charge in [0.1, 0.15) is 0 Å². The lowest BCUT2D eigenvalue weighted by Gasteiger charge is -1.96. The largest absolute Gasteiger partial charge is 0.494 e. The zero-order chi connectivity index (χ0) is 19.8. The van der Waals surface area contributed by atoms with Gasteiger partial charge >= 0.3 is 0 Å². The smallest absolute Gasteiger partial charge is 0.196 e. The molecule has 0 unspecified atom stereocenters. The highest BCUT2D eigenvalue weighted by Gasteiger charge is 2.10. The van der Waals surface area contributed by atoms with Crippen LogP contribution < -0.4 is 10.4 Å². The summed E-state index contributed by atoms with van der Waals surface area (Å²) < 4.78 is 0.960. The molecular weight excluding hydrogens is 428 g/mol. The van der Waals surface area contributed by atoms with E-state index in [1.807, 2.05) is 66.8 Å². The summed E-state index contributed by atoms with van der Waals surface area (Å²) in [5.41, 5.74) is 4.32. The van der Waals surface area contributed by atoms with Gasteiger partial charge in [-0.1, -0.05) is 28.1 Å². The normalized spacial score (nSPS) is 13.7. The van der Waals surface area contributed by atoms with Crippen LogP contribution in [0.3, 0.4) is 0 Å². The number of hydrogen-bond donors (Lipinski definition) is 2. The van der Waals surface area contributed by atoms with Crippen LogP contribution >= 0.6 is 15.9 Å². The molecule has 0 atom stereocenters. The van der Waals surface area contributed by atoms with Crippen LogP contribution in [0.15, 0.2) is 81.7 Å². The molecular formula is C23H15BrN4O. The Labute approximate surface area is 174 Å². The molecule has 140 valence electrons. The van der Waals surface area contributed by atoms with Crippen molar-refractivity contribution in [2.24, 2.45) is 10.2 Å². The minimum Gasteiger partial charge on any atom is -0.494 e. The molecule has 6 heteroatoms. The molecule has 0 fully saturated rings. The van der Waals surface area contributed by atoms with Crippen LogP contribution in [0.5, 0.6) is 5.88 Å². The average molecular weight is 443 g/mol. The van der Waals surface area contributed by atoms with Gasteiger partial charge in [0, 0.05) is 38.6 Å². The molecule has 0 radical (unpaired) electrons. The van der Waals surface area contributed by atoms with Crippen molar-refractivity contribution in [3.63, 3.8) is 0 Å². The van der Waals surface area contributed by atoms with Crippen LogP contribution in [0.1, 0.15) is 11.1 Å². The second-order valence-electron chi connectivity index (χ2n) is 6.70. The summed E-state index contributed by atoms with van der Waals surface area (Å²) in [5.74, 6) is 0.146. The zero-order valence-electron chi connectivity index (χ0n) is 15.2. The monoisotopic (exact) mass is 442 g/mol. The Morgan fingerprint density at radius 1 is 0.931 bits per heavy atom. The highest BCUT2D eigenvalue weighted by atomic mass is 79.9. The van der Waals surface area contributed by atoms with Crippen molar-refractivity contribution in [2.45, 2.75) is 0 Å². The lowest BCUT2D eigenvalue weighted by molar-refractivity contribution is 0.457. The number of aromatic nitrogens is 2. The van der Waals surface area contributed by atoms with Crippen LogP contribution in [0.2, 0.25) is 0 Å². The van der Waals surface area contributed by atoms with Gasteiger partial charge in [0.15, 0.2) is 5.88 Å². The topological polar surface area (TPSA) is 73.6 Å². The Bertz CT molecular complexity index is 1420. The number of aromatic amines is 1. The minimum atomic E-state index is 0.146. The molecule has 3 heterocycles. The van der Waals surface area contributed by atoms with Gasteiger partial charge in [-0.05, 0) is 65.4 Å². The van der Waals surface area contributed by atoms with E-state index in [-0.39, 0.29) is 5.88 Å². The molecule has 0 saturated carbocycles. The van der Waals surface area contributed by atoms with Crippen molar-refractivity contribution >= 4 is 50.4 Å². The van der Waals surface area contributed by atoms with Crippen molar-refractivity contribution in [3.8, 4) is 5.88 Å². The average Bonchev–Trinajstić information content (AvgIpc) is 3.28. The Hall–Kier alpha value is -3.51. The van der Waals surface area contributed by atoms with Crippen molar-refractivity contribution in [2.75, 3.05) is 0 Å². The Morgan fingerprint density at radius 2 is 1.79 bits per heavy atom. The number of fused-ring (bicyclic) bond motifs is 2. The van der Waals surface area contributed by atoms with Gasteiger partial charge in [0.2, 0.25) is 0 Å². The highest BCUT2D eigenvalue weighted by molar-refractivity contribution is 9.10. The van der Waals surface area contributed by atoms with Crippen LogP contribution in [0, 0.1) is 0 Å². The fourth-order valence-corrected chi connectivity index (χ4v) is 3.72. The molecule has 0 amide bonds. The predicted molar refractivity (Wildman–Crippen MR) is 118 cm³/mol. The Morgan fingerprint density at radius 3 is 2.66 bits per heavy atom. The fraction of sp³-hybridized carbons (Fsp3) is 0. The molecule has 1 aliphatic rings. The molecule has 5 rings (SSSR count). The van der Waals surface area contributed by atoms with E-state index in [1.165, 1.54) is 0 Å². The summed E-state index contributed by atoms with van der Waals surface area (Å²) in [6.45, 7) is 0. The maximum absolute atomic E-state index is 10.3. The van der Waals surface area contributed by atoms with Crippen LogP contribution in [-0.2, 0) is 0 Å². The van der Waals surface area contributed by atoms with E-state index in [0.29, 0.717) is 0 Å². The molecule has 1 aliphatic heterocycles. The third-order valence-corrected chi connectivity index (χ3v) is 5.29. The number of nitrogens with zero attached hydrogens (tertiary/aromatic N) is 3. The lowest BCUT2D eigenvalue weighted by Crippen LogP contribution is -2.08. The summed E-state index contributed by atoms with van der Waals surface area (Å²) in [4.78, 5) is 7.03. The van der Waals surface area contributed by atoms with Crippen LogP contribution in [0.4, 0.5) is 5.69 Å². The van der Waals surface area contributed by atoms with Gasteiger partial charge in [-0.15, -0.1) is 10.2 Å². The van der Waals surface area contributed by atoms with Crippen molar-refractivity contribution in [1.29, 1.82) is 0 Å². The van der Waals surface area contributed by atoms with E-state index in [4.69, 9.17) is 0 Å². The number of azo groups is 1. The number of nitrogens with one attached hydrogen (secondary N) is 1. The summed E-state index contributed by atoms with van der Waals surface area (Å²) >= 11 is 3.49. The van der Waals surface area contributed by atoms with E-state index in [0.717, 1.165) is 48.3 Å². The lowest BCUT2D eigenvalue weighted by atomic mass is 10.1. The Kier molecular flexibility index (Phi) is 4.33. The number of halogens is 1. The van der Waals surface area contributed by atoms with Crippen molar-refractivity contribution in [1.82, 2.24) is 9.97 Å². The molecule has 2 N–H and O–H groups in total. The predicted octanol–water partition coefficient (Wildman–Crippen LogP) is 4.78. The second kappa shape index (κ2) is 7.14. The van der Waals surface area contributed by atoms with Crippen LogP contribution in [-0.4, -0.2) is 15.1 Å². The molecule has 2 aromatic heterocycles. The third-order valence-electron chi connectivity index (χ3n) is 4.79. The SMILES string of the molecule is Oc1[nH]c2ccc(Br)cc2c1C=c1ccc2c(c1)N=NC=2C=Cc1ccncc1. The number of rotatable bonds is 3.